The van der Waals surface area contributed by atoms with Gasteiger partial charge >= 0.3 is 0 Å². The zero-order valence-electron chi connectivity index (χ0n) is 8.06. The predicted octanol–water partition coefficient (Wildman–Crippen LogP) is 4.04. The van der Waals surface area contributed by atoms with Gasteiger partial charge < -0.3 is 0 Å². The second-order valence-corrected chi connectivity index (χ2v) is 6.97. The third kappa shape index (κ3) is 1.75. The molecule has 3 heterocycles. The fourth-order valence-corrected chi connectivity index (χ4v) is 5.24. The average molecular weight is 254 g/mol. The number of thiophene rings is 2. The molecular weight excluding hydrogens is 244 g/mol. The zero-order valence-corrected chi connectivity index (χ0v) is 10.5. The topological polar surface area (TPSA) is 17.1 Å². The van der Waals surface area contributed by atoms with Crippen LogP contribution in [0.3, 0.4) is 0 Å². The molecule has 2 aromatic heterocycles. The Kier molecular flexibility index (Phi) is 2.58. The minimum atomic E-state index is 0.234. The van der Waals surface area contributed by atoms with E-state index in [9.17, 15) is 4.79 Å². The molecule has 1 saturated heterocycles. The van der Waals surface area contributed by atoms with E-state index in [2.05, 4.69) is 17.5 Å². The molecule has 0 amide bonds. The van der Waals surface area contributed by atoms with Crippen LogP contribution in [-0.4, -0.2) is 16.8 Å². The number of hydrogen-bond donors (Lipinski definition) is 0. The number of Topliss-reactive ketones (excluding diaryl/α,β-unsaturated/α-hetero) is 1. The summed E-state index contributed by atoms with van der Waals surface area (Å²) in [5.41, 5.74) is 0. The number of hydrogen-bond acceptors (Lipinski definition) is 4. The fraction of sp³-hybridized carbons (Fsp3) is 0.364. The lowest BCUT2D eigenvalue weighted by Gasteiger charge is -2.03. The van der Waals surface area contributed by atoms with Gasteiger partial charge in [0.25, 0.3) is 0 Å². The van der Waals surface area contributed by atoms with E-state index in [4.69, 9.17) is 0 Å². The van der Waals surface area contributed by atoms with E-state index in [1.165, 1.54) is 15.8 Å². The maximum atomic E-state index is 12.1. The SMILES string of the molecule is O=C(c1cc2sccc2s1)C1CCCS1. The molecule has 0 saturated carbocycles. The van der Waals surface area contributed by atoms with Gasteiger partial charge in [0.05, 0.1) is 10.1 Å². The van der Waals surface area contributed by atoms with Crippen LogP contribution in [0.15, 0.2) is 17.5 Å². The van der Waals surface area contributed by atoms with Gasteiger partial charge in [0.15, 0.2) is 5.78 Å². The first-order valence-electron chi connectivity index (χ1n) is 4.97. The third-order valence-electron chi connectivity index (χ3n) is 2.60. The van der Waals surface area contributed by atoms with Crippen molar-refractivity contribution in [2.45, 2.75) is 18.1 Å². The highest BCUT2D eigenvalue weighted by Gasteiger charge is 2.25. The first-order valence-corrected chi connectivity index (χ1v) is 7.72. The van der Waals surface area contributed by atoms with Crippen LogP contribution in [0.25, 0.3) is 9.40 Å². The lowest BCUT2D eigenvalue weighted by molar-refractivity contribution is 0.0992. The summed E-state index contributed by atoms with van der Waals surface area (Å²) in [6.07, 6.45) is 2.26. The first-order chi connectivity index (χ1) is 7.34. The van der Waals surface area contributed by atoms with Gasteiger partial charge in [0.2, 0.25) is 0 Å². The lowest BCUT2D eigenvalue weighted by Crippen LogP contribution is -2.12. The normalized spacial score (nSPS) is 21.2. The Hall–Kier alpha value is -0.320. The van der Waals surface area contributed by atoms with Crippen LogP contribution in [0.4, 0.5) is 0 Å². The molecule has 3 rings (SSSR count). The molecule has 1 aliphatic heterocycles. The monoisotopic (exact) mass is 254 g/mol. The van der Waals surface area contributed by atoms with E-state index in [1.807, 2.05) is 11.8 Å². The van der Waals surface area contributed by atoms with Crippen molar-refractivity contribution in [2.24, 2.45) is 0 Å². The fourth-order valence-electron chi connectivity index (χ4n) is 1.83. The number of carbonyl (C=O) groups is 1. The predicted molar refractivity (Wildman–Crippen MR) is 69.5 cm³/mol. The summed E-state index contributed by atoms with van der Waals surface area (Å²) in [5, 5.41) is 2.32. The van der Waals surface area contributed by atoms with Crippen LogP contribution in [0.2, 0.25) is 0 Å². The van der Waals surface area contributed by atoms with Gasteiger partial charge in [-0.15, -0.1) is 22.7 Å². The van der Waals surface area contributed by atoms with E-state index in [0.29, 0.717) is 5.78 Å². The molecule has 0 radical (unpaired) electrons. The van der Waals surface area contributed by atoms with E-state index in [1.54, 1.807) is 22.7 Å². The molecule has 1 fully saturated rings. The molecule has 0 bridgehead atoms. The molecule has 78 valence electrons. The Balaban J connectivity index is 1.92. The smallest absolute Gasteiger partial charge is 0.185 e. The molecule has 1 unspecified atom stereocenters. The summed E-state index contributed by atoms with van der Waals surface area (Å²) in [5.74, 6) is 1.50. The number of fused-ring (bicyclic) bond motifs is 1. The van der Waals surface area contributed by atoms with Gasteiger partial charge in [-0.1, -0.05) is 0 Å². The highest BCUT2D eigenvalue weighted by Crippen LogP contribution is 2.35. The van der Waals surface area contributed by atoms with Gasteiger partial charge in [-0.2, -0.15) is 11.8 Å². The van der Waals surface area contributed by atoms with Crippen molar-refractivity contribution in [2.75, 3.05) is 5.75 Å². The summed E-state index contributed by atoms with van der Waals surface area (Å²) in [6.45, 7) is 0. The van der Waals surface area contributed by atoms with Crippen molar-refractivity contribution in [3.8, 4) is 0 Å². The Morgan fingerprint density at radius 1 is 1.40 bits per heavy atom. The number of carbonyl (C=O) groups excluding carboxylic acids is 1. The quantitative estimate of drug-likeness (QED) is 0.752. The zero-order chi connectivity index (χ0) is 10.3. The Morgan fingerprint density at radius 3 is 3.07 bits per heavy atom. The van der Waals surface area contributed by atoms with Crippen LogP contribution >= 0.6 is 34.4 Å². The average Bonchev–Trinajstić information content (AvgIpc) is 2.92. The van der Waals surface area contributed by atoms with Crippen LogP contribution in [0.5, 0.6) is 0 Å². The van der Waals surface area contributed by atoms with Crippen molar-refractivity contribution in [1.82, 2.24) is 0 Å². The summed E-state index contributed by atoms with van der Waals surface area (Å²) in [7, 11) is 0. The number of thioether (sulfide) groups is 1. The van der Waals surface area contributed by atoms with Gasteiger partial charge in [0, 0.05) is 9.40 Å². The van der Waals surface area contributed by atoms with Crippen molar-refractivity contribution in [1.29, 1.82) is 0 Å². The maximum Gasteiger partial charge on any atom is 0.185 e. The molecule has 1 nitrogen and oxygen atoms in total. The van der Waals surface area contributed by atoms with Gasteiger partial charge in [-0.05, 0) is 36.1 Å². The van der Waals surface area contributed by atoms with Crippen molar-refractivity contribution in [3.05, 3.63) is 22.4 Å². The van der Waals surface area contributed by atoms with Crippen LogP contribution < -0.4 is 0 Å². The van der Waals surface area contributed by atoms with Crippen molar-refractivity contribution < 1.29 is 4.79 Å². The van der Waals surface area contributed by atoms with Crippen molar-refractivity contribution in [3.63, 3.8) is 0 Å². The highest BCUT2D eigenvalue weighted by atomic mass is 32.2. The largest absolute Gasteiger partial charge is 0.292 e. The Morgan fingerprint density at radius 2 is 2.33 bits per heavy atom. The molecule has 0 aromatic carbocycles. The standard InChI is InChI=1S/C11H10OS3/c12-11(8-2-1-4-13-8)10-6-9-7(15-10)3-5-14-9/h3,5-6,8H,1-2,4H2. The van der Waals surface area contributed by atoms with E-state index in [-0.39, 0.29) is 5.25 Å². The second kappa shape index (κ2) is 3.92. The van der Waals surface area contributed by atoms with Crippen LogP contribution in [0.1, 0.15) is 22.5 Å². The molecule has 0 N–H and O–H groups in total. The number of rotatable bonds is 2. The minimum absolute atomic E-state index is 0.234. The van der Waals surface area contributed by atoms with E-state index < -0.39 is 0 Å². The molecule has 0 aliphatic carbocycles. The third-order valence-corrected chi connectivity index (χ3v) is 6.09. The molecular formula is C11H10OS3. The number of ketones is 1. The molecule has 4 heteroatoms. The van der Waals surface area contributed by atoms with Crippen LogP contribution in [0, 0.1) is 0 Å². The summed E-state index contributed by atoms with van der Waals surface area (Å²) in [6, 6.07) is 4.16. The maximum absolute atomic E-state index is 12.1. The summed E-state index contributed by atoms with van der Waals surface area (Å²) in [4.78, 5) is 13.1. The van der Waals surface area contributed by atoms with Gasteiger partial charge in [0.1, 0.15) is 0 Å². The van der Waals surface area contributed by atoms with E-state index >= 15 is 0 Å². The summed E-state index contributed by atoms with van der Waals surface area (Å²) >= 11 is 5.18. The second-order valence-electron chi connectivity index (χ2n) is 3.63. The molecule has 2 aromatic rings. The van der Waals surface area contributed by atoms with Gasteiger partial charge in [-0.3, -0.25) is 4.79 Å². The molecule has 1 aliphatic rings. The summed E-state index contributed by atoms with van der Waals surface area (Å²) < 4.78 is 2.51. The first kappa shape index (κ1) is 9.87. The molecule has 0 spiro atoms. The highest BCUT2D eigenvalue weighted by molar-refractivity contribution is 8.00. The van der Waals surface area contributed by atoms with Crippen LogP contribution in [-0.2, 0) is 0 Å². The Bertz CT molecular complexity index is 462. The van der Waals surface area contributed by atoms with Crippen molar-refractivity contribution >= 4 is 49.6 Å². The minimum Gasteiger partial charge on any atom is -0.292 e. The van der Waals surface area contributed by atoms with Gasteiger partial charge in [-0.25, -0.2) is 0 Å². The lowest BCUT2D eigenvalue weighted by atomic mass is 10.1. The molecule has 1 atom stereocenters. The Labute approximate surface area is 100 Å². The molecule has 15 heavy (non-hydrogen) atoms. The van der Waals surface area contributed by atoms with E-state index in [0.717, 1.165) is 17.1 Å².